The zero-order valence-corrected chi connectivity index (χ0v) is 7.69. The lowest BCUT2D eigenvalue weighted by Gasteiger charge is -2.04. The first-order valence-electron chi connectivity index (χ1n) is 3.67. The van der Waals surface area contributed by atoms with E-state index < -0.39 is 0 Å². The van der Waals surface area contributed by atoms with Gasteiger partial charge in [0, 0.05) is 0 Å². The van der Waals surface area contributed by atoms with E-state index in [1.165, 1.54) is 5.57 Å². The van der Waals surface area contributed by atoms with Crippen LogP contribution in [0.4, 0.5) is 0 Å². The molecule has 1 saturated carbocycles. The Hall–Kier alpha value is -0.430. The van der Waals surface area contributed by atoms with E-state index in [-0.39, 0.29) is 5.54 Å². The molecule has 56 valence electrons. The molecule has 1 nitrogen and oxygen atoms in total. The highest BCUT2D eigenvalue weighted by Gasteiger charge is 2.44. The summed E-state index contributed by atoms with van der Waals surface area (Å²) >= 11 is 3.37. The van der Waals surface area contributed by atoms with Gasteiger partial charge in [0.1, 0.15) is 6.08 Å². The van der Waals surface area contributed by atoms with Crippen LogP contribution >= 0.6 is 15.9 Å². The van der Waals surface area contributed by atoms with Gasteiger partial charge in [0.05, 0.1) is 29.3 Å². The zero-order chi connectivity index (χ0) is 7.90. The van der Waals surface area contributed by atoms with Crippen molar-refractivity contribution in [1.82, 2.24) is 0 Å². The molecule has 2 aliphatic carbocycles. The van der Waals surface area contributed by atoms with E-state index in [0.717, 1.165) is 17.3 Å². The number of allylic oxidation sites excluding steroid dienone is 4. The van der Waals surface area contributed by atoms with Gasteiger partial charge in [-0.2, -0.15) is 0 Å². The lowest BCUT2D eigenvalue weighted by atomic mass is 10.0. The molecule has 0 bridgehead atoms. The van der Waals surface area contributed by atoms with Gasteiger partial charge in [0.2, 0.25) is 0 Å². The molecule has 0 saturated heterocycles. The molecule has 0 aliphatic heterocycles. The number of halogens is 1. The van der Waals surface area contributed by atoms with Crippen molar-refractivity contribution in [3.05, 3.63) is 34.4 Å². The third-order valence-corrected chi connectivity index (χ3v) is 2.59. The minimum atomic E-state index is -0.0163. The molecule has 1 fully saturated rings. The fraction of sp³-hybridized carbons (Fsp3) is 0.333. The van der Waals surface area contributed by atoms with Crippen molar-refractivity contribution in [2.75, 3.05) is 0 Å². The van der Waals surface area contributed by atoms with Gasteiger partial charge < -0.3 is 5.73 Å². The number of hydrogen-bond acceptors (Lipinski definition) is 1. The second kappa shape index (κ2) is 2.28. The van der Waals surface area contributed by atoms with Crippen LogP contribution in [0.3, 0.4) is 0 Å². The van der Waals surface area contributed by atoms with E-state index in [2.05, 4.69) is 22.0 Å². The first-order valence-corrected chi connectivity index (χ1v) is 4.47. The third-order valence-electron chi connectivity index (χ3n) is 2.13. The van der Waals surface area contributed by atoms with Crippen LogP contribution in [0.25, 0.3) is 0 Å². The maximum absolute atomic E-state index is 6.00. The lowest BCUT2D eigenvalue weighted by molar-refractivity contribution is 0.814. The van der Waals surface area contributed by atoms with E-state index >= 15 is 0 Å². The van der Waals surface area contributed by atoms with Crippen molar-refractivity contribution in [2.45, 2.75) is 18.4 Å². The Morgan fingerprint density at radius 1 is 1.55 bits per heavy atom. The van der Waals surface area contributed by atoms with E-state index in [1.807, 2.05) is 18.2 Å². The molecular formula is C9H9BrN+. The lowest BCUT2D eigenvalue weighted by Crippen LogP contribution is -2.23. The molecule has 2 rings (SSSR count). The fourth-order valence-corrected chi connectivity index (χ4v) is 1.55. The molecule has 2 aliphatic rings. The van der Waals surface area contributed by atoms with Gasteiger partial charge in [-0.3, -0.25) is 0 Å². The first kappa shape index (κ1) is 7.23. The molecule has 0 unspecified atom stereocenters. The fourth-order valence-electron chi connectivity index (χ4n) is 1.17. The summed E-state index contributed by atoms with van der Waals surface area (Å²) in [5, 5.41) is 0. The molecule has 0 atom stereocenters. The van der Waals surface area contributed by atoms with Crippen LogP contribution in [0.5, 0.6) is 0 Å². The molecule has 0 radical (unpaired) electrons. The zero-order valence-electron chi connectivity index (χ0n) is 6.10. The molecule has 0 heterocycles. The molecule has 2 N–H and O–H groups in total. The molecule has 2 heteroatoms. The van der Waals surface area contributed by atoms with Gasteiger partial charge in [0.15, 0.2) is 4.48 Å². The van der Waals surface area contributed by atoms with Crippen molar-refractivity contribution in [3.8, 4) is 0 Å². The van der Waals surface area contributed by atoms with Gasteiger partial charge in [-0.1, -0.05) is 0 Å². The molecule has 0 aromatic heterocycles. The predicted molar refractivity (Wildman–Crippen MR) is 49.1 cm³/mol. The maximum Gasteiger partial charge on any atom is 0.181 e. The molecule has 0 aromatic rings. The van der Waals surface area contributed by atoms with Gasteiger partial charge in [-0.25, -0.2) is 0 Å². The molecule has 0 amide bonds. The minimum Gasteiger partial charge on any atom is -0.319 e. The van der Waals surface area contributed by atoms with Crippen LogP contribution < -0.4 is 5.73 Å². The Balaban J connectivity index is 2.29. The molecular weight excluding hydrogens is 202 g/mol. The summed E-state index contributed by atoms with van der Waals surface area (Å²) in [5.74, 6) is 0. The summed E-state index contributed by atoms with van der Waals surface area (Å²) < 4.78 is 0.992. The molecule has 11 heavy (non-hydrogen) atoms. The Bertz CT molecular complexity index is 269. The van der Waals surface area contributed by atoms with Crippen LogP contribution in [-0.2, 0) is 0 Å². The van der Waals surface area contributed by atoms with Crippen molar-refractivity contribution >= 4 is 15.9 Å². The summed E-state index contributed by atoms with van der Waals surface area (Å²) in [6.45, 7) is 0. The summed E-state index contributed by atoms with van der Waals surface area (Å²) in [6.07, 6.45) is 11.3. The largest absolute Gasteiger partial charge is 0.319 e. The Labute approximate surface area is 74.8 Å². The van der Waals surface area contributed by atoms with Crippen LogP contribution in [0, 0.1) is 6.08 Å². The minimum absolute atomic E-state index is 0.0163. The van der Waals surface area contributed by atoms with E-state index in [9.17, 15) is 0 Å². The predicted octanol–water partition coefficient (Wildman–Crippen LogP) is 2.06. The van der Waals surface area contributed by atoms with Crippen LogP contribution in [0.15, 0.2) is 28.3 Å². The van der Waals surface area contributed by atoms with Crippen LogP contribution in [0.2, 0.25) is 0 Å². The van der Waals surface area contributed by atoms with Crippen LogP contribution in [-0.4, -0.2) is 5.54 Å². The quantitative estimate of drug-likeness (QED) is 0.660. The number of hydrogen-bond donors (Lipinski definition) is 1. The number of rotatable bonds is 1. The van der Waals surface area contributed by atoms with Crippen molar-refractivity contribution < 1.29 is 0 Å². The standard InChI is InChI=1S/C9H9BrN/c10-8-3-1-2-7(6-8)9(11)4-5-9/h1-2,6H,4-5,11H2/q+1. The van der Waals surface area contributed by atoms with Crippen molar-refractivity contribution in [3.63, 3.8) is 0 Å². The average molecular weight is 211 g/mol. The third kappa shape index (κ3) is 1.30. The Kier molecular flexibility index (Phi) is 1.50. The highest BCUT2D eigenvalue weighted by atomic mass is 79.9. The van der Waals surface area contributed by atoms with Gasteiger partial charge in [-0.05, 0) is 28.8 Å². The van der Waals surface area contributed by atoms with Crippen LogP contribution in [0.1, 0.15) is 12.8 Å². The summed E-state index contributed by atoms with van der Waals surface area (Å²) in [4.78, 5) is 0. The SMILES string of the molecule is NC1(C2=CC(Br)=[C+]C=C2)CC1. The van der Waals surface area contributed by atoms with E-state index in [1.54, 1.807) is 0 Å². The highest BCUT2D eigenvalue weighted by molar-refractivity contribution is 9.11. The Morgan fingerprint density at radius 2 is 2.27 bits per heavy atom. The smallest absolute Gasteiger partial charge is 0.181 e. The highest BCUT2D eigenvalue weighted by Crippen LogP contribution is 2.41. The topological polar surface area (TPSA) is 26.0 Å². The monoisotopic (exact) mass is 210 g/mol. The van der Waals surface area contributed by atoms with E-state index in [0.29, 0.717) is 0 Å². The van der Waals surface area contributed by atoms with Crippen molar-refractivity contribution in [1.29, 1.82) is 0 Å². The second-order valence-electron chi connectivity index (χ2n) is 3.08. The first-order chi connectivity index (χ1) is 5.21. The second-order valence-corrected chi connectivity index (χ2v) is 3.94. The summed E-state index contributed by atoms with van der Waals surface area (Å²) in [5.41, 5.74) is 7.21. The van der Waals surface area contributed by atoms with Gasteiger partial charge in [-0.15, -0.1) is 0 Å². The molecule has 0 aromatic carbocycles. The molecule has 0 spiro atoms. The van der Waals surface area contributed by atoms with E-state index in [4.69, 9.17) is 5.73 Å². The number of nitrogens with two attached hydrogens (primary N) is 1. The Morgan fingerprint density at radius 3 is 2.82 bits per heavy atom. The normalized spacial score (nSPS) is 25.3. The van der Waals surface area contributed by atoms with Crippen molar-refractivity contribution in [2.24, 2.45) is 5.73 Å². The van der Waals surface area contributed by atoms with Gasteiger partial charge in [0.25, 0.3) is 0 Å². The maximum atomic E-state index is 6.00. The summed E-state index contributed by atoms with van der Waals surface area (Å²) in [7, 11) is 0. The van der Waals surface area contributed by atoms with Gasteiger partial charge >= 0.3 is 0 Å². The summed E-state index contributed by atoms with van der Waals surface area (Å²) in [6, 6.07) is 0. The average Bonchev–Trinajstić information content (AvgIpc) is 2.70.